The lowest BCUT2D eigenvalue weighted by Crippen LogP contribution is -2.52. The van der Waals surface area contributed by atoms with E-state index in [4.69, 9.17) is 5.11 Å². The molecule has 0 aromatic rings. The molecule has 0 aliphatic carbocycles. The first-order chi connectivity index (χ1) is 6.29. The molecule has 5 nitrogen and oxygen atoms in total. The van der Waals surface area contributed by atoms with E-state index in [1.165, 1.54) is 0 Å². The van der Waals surface area contributed by atoms with E-state index >= 15 is 0 Å². The highest BCUT2D eigenvalue weighted by Crippen LogP contribution is 2.19. The fourth-order valence-corrected chi connectivity index (χ4v) is 0.991. The van der Waals surface area contributed by atoms with Gasteiger partial charge in [0, 0.05) is 6.54 Å². The van der Waals surface area contributed by atoms with Gasteiger partial charge < -0.3 is 15.7 Å². The largest absolute Gasteiger partial charge is 0.480 e. The molecule has 3 N–H and O–H groups in total. The summed E-state index contributed by atoms with van der Waals surface area (Å²) in [4.78, 5) is 22.0. The summed E-state index contributed by atoms with van der Waals surface area (Å²) in [5.41, 5.74) is -0.503. The Morgan fingerprint density at radius 1 is 1.36 bits per heavy atom. The maximum atomic E-state index is 11.1. The van der Waals surface area contributed by atoms with Crippen LogP contribution < -0.4 is 10.6 Å². The standard InChI is InChI=1S/C9H18N2O3/c1-5-10-8(14)11-6(7(12)13)9(2,3)4/h6H,5H2,1-4H3,(H,12,13)(H2,10,11,14)/t6-/m1/s1. The number of amides is 2. The van der Waals surface area contributed by atoms with Crippen LogP contribution in [0, 0.1) is 5.41 Å². The normalized spacial score (nSPS) is 13.1. The van der Waals surface area contributed by atoms with Crippen LogP contribution in [0.1, 0.15) is 27.7 Å². The summed E-state index contributed by atoms with van der Waals surface area (Å²) in [7, 11) is 0. The molecule has 0 rings (SSSR count). The molecule has 0 aliphatic heterocycles. The van der Waals surface area contributed by atoms with Crippen molar-refractivity contribution in [3.63, 3.8) is 0 Å². The van der Waals surface area contributed by atoms with Gasteiger partial charge in [0.2, 0.25) is 0 Å². The van der Waals surface area contributed by atoms with Crippen LogP contribution >= 0.6 is 0 Å². The van der Waals surface area contributed by atoms with Crippen molar-refractivity contribution in [2.24, 2.45) is 5.41 Å². The number of carbonyl (C=O) groups excluding carboxylic acids is 1. The van der Waals surface area contributed by atoms with Crippen molar-refractivity contribution < 1.29 is 14.7 Å². The highest BCUT2D eigenvalue weighted by molar-refractivity contribution is 5.83. The maximum Gasteiger partial charge on any atom is 0.326 e. The molecule has 82 valence electrons. The van der Waals surface area contributed by atoms with Crippen molar-refractivity contribution in [3.05, 3.63) is 0 Å². The first-order valence-corrected chi connectivity index (χ1v) is 4.56. The van der Waals surface area contributed by atoms with Gasteiger partial charge >= 0.3 is 12.0 Å². The molecule has 0 heterocycles. The Balaban J connectivity index is 4.40. The molecule has 0 aromatic heterocycles. The van der Waals surface area contributed by atoms with Gasteiger partial charge in [-0.1, -0.05) is 20.8 Å². The zero-order valence-electron chi connectivity index (χ0n) is 9.05. The lowest BCUT2D eigenvalue weighted by molar-refractivity contribution is -0.141. The third-order valence-corrected chi connectivity index (χ3v) is 1.73. The number of nitrogens with one attached hydrogen (secondary N) is 2. The molecule has 0 aromatic carbocycles. The summed E-state index contributed by atoms with van der Waals surface area (Å²) < 4.78 is 0. The number of hydrogen-bond donors (Lipinski definition) is 3. The molecular weight excluding hydrogens is 184 g/mol. The molecule has 0 saturated heterocycles. The van der Waals surface area contributed by atoms with Crippen LogP contribution in [0.25, 0.3) is 0 Å². The van der Waals surface area contributed by atoms with E-state index in [9.17, 15) is 9.59 Å². The van der Waals surface area contributed by atoms with Gasteiger partial charge in [-0.2, -0.15) is 0 Å². The van der Waals surface area contributed by atoms with E-state index in [0.29, 0.717) is 6.54 Å². The van der Waals surface area contributed by atoms with Crippen LogP contribution in [-0.4, -0.2) is 29.7 Å². The van der Waals surface area contributed by atoms with Gasteiger partial charge in [0.25, 0.3) is 0 Å². The average Bonchev–Trinajstić information content (AvgIpc) is 1.98. The number of aliphatic carboxylic acids is 1. The van der Waals surface area contributed by atoms with E-state index in [2.05, 4.69) is 10.6 Å². The molecule has 0 radical (unpaired) electrons. The number of urea groups is 1. The van der Waals surface area contributed by atoms with Crippen molar-refractivity contribution in [2.45, 2.75) is 33.7 Å². The summed E-state index contributed by atoms with van der Waals surface area (Å²) >= 11 is 0. The van der Waals surface area contributed by atoms with E-state index in [0.717, 1.165) is 0 Å². The van der Waals surface area contributed by atoms with E-state index in [1.807, 2.05) is 0 Å². The fraction of sp³-hybridized carbons (Fsp3) is 0.778. The smallest absolute Gasteiger partial charge is 0.326 e. The van der Waals surface area contributed by atoms with Crippen LogP contribution in [0.5, 0.6) is 0 Å². The average molecular weight is 202 g/mol. The zero-order valence-corrected chi connectivity index (χ0v) is 9.05. The zero-order chi connectivity index (χ0) is 11.4. The fourth-order valence-electron chi connectivity index (χ4n) is 0.991. The predicted molar refractivity (Wildman–Crippen MR) is 53.1 cm³/mol. The minimum atomic E-state index is -1.02. The first kappa shape index (κ1) is 12.7. The van der Waals surface area contributed by atoms with Gasteiger partial charge in [0.1, 0.15) is 6.04 Å². The summed E-state index contributed by atoms with van der Waals surface area (Å²) in [5, 5.41) is 13.8. The van der Waals surface area contributed by atoms with Gasteiger partial charge in [0.05, 0.1) is 0 Å². The molecule has 14 heavy (non-hydrogen) atoms. The van der Waals surface area contributed by atoms with Crippen LogP contribution in [0.15, 0.2) is 0 Å². The van der Waals surface area contributed by atoms with Crippen LogP contribution in [0.2, 0.25) is 0 Å². The Kier molecular flexibility index (Phi) is 4.40. The molecule has 0 fully saturated rings. The molecule has 2 amide bonds. The lowest BCUT2D eigenvalue weighted by Gasteiger charge is -2.27. The maximum absolute atomic E-state index is 11.1. The van der Waals surface area contributed by atoms with Crippen molar-refractivity contribution in [1.82, 2.24) is 10.6 Å². The van der Waals surface area contributed by atoms with Crippen LogP contribution in [-0.2, 0) is 4.79 Å². The number of hydrogen-bond acceptors (Lipinski definition) is 2. The number of rotatable bonds is 3. The SMILES string of the molecule is CCNC(=O)N[C@H](C(=O)O)C(C)(C)C. The molecule has 0 unspecified atom stereocenters. The van der Waals surface area contributed by atoms with E-state index < -0.39 is 23.5 Å². The summed E-state index contributed by atoms with van der Waals surface area (Å²) in [6, 6.07) is -1.33. The lowest BCUT2D eigenvalue weighted by atomic mass is 9.87. The van der Waals surface area contributed by atoms with Crippen molar-refractivity contribution in [1.29, 1.82) is 0 Å². The molecule has 1 atom stereocenters. The second-order valence-electron chi connectivity index (χ2n) is 4.14. The minimum Gasteiger partial charge on any atom is -0.480 e. The summed E-state index contributed by atoms with van der Waals surface area (Å²) in [6.45, 7) is 7.53. The molecule has 0 aliphatic rings. The molecule has 5 heteroatoms. The number of carbonyl (C=O) groups is 2. The first-order valence-electron chi connectivity index (χ1n) is 4.56. The highest BCUT2D eigenvalue weighted by atomic mass is 16.4. The van der Waals surface area contributed by atoms with Gasteiger partial charge in [-0.15, -0.1) is 0 Å². The highest BCUT2D eigenvalue weighted by Gasteiger charge is 2.32. The van der Waals surface area contributed by atoms with Gasteiger partial charge in [-0.25, -0.2) is 9.59 Å². The Morgan fingerprint density at radius 3 is 2.14 bits per heavy atom. The van der Waals surface area contributed by atoms with Gasteiger partial charge in [-0.3, -0.25) is 0 Å². The van der Waals surface area contributed by atoms with Crippen molar-refractivity contribution >= 4 is 12.0 Å². The second kappa shape index (κ2) is 4.83. The van der Waals surface area contributed by atoms with Crippen LogP contribution in [0.3, 0.4) is 0 Å². The molecule has 0 saturated carbocycles. The minimum absolute atomic E-state index is 0.449. The Hall–Kier alpha value is -1.26. The topological polar surface area (TPSA) is 78.4 Å². The molecule has 0 spiro atoms. The third kappa shape index (κ3) is 4.11. The quantitative estimate of drug-likeness (QED) is 0.633. The Labute approximate surface area is 83.9 Å². The Bertz CT molecular complexity index is 221. The second-order valence-corrected chi connectivity index (χ2v) is 4.14. The third-order valence-electron chi connectivity index (χ3n) is 1.73. The van der Waals surface area contributed by atoms with Crippen LogP contribution in [0.4, 0.5) is 4.79 Å². The van der Waals surface area contributed by atoms with Gasteiger partial charge in [0.15, 0.2) is 0 Å². The Morgan fingerprint density at radius 2 is 1.86 bits per heavy atom. The van der Waals surface area contributed by atoms with Crippen molar-refractivity contribution in [2.75, 3.05) is 6.54 Å². The number of carboxylic acid groups (broad SMARTS) is 1. The summed E-state index contributed by atoms with van der Waals surface area (Å²) in [6.07, 6.45) is 0. The molecular formula is C9H18N2O3. The molecule has 0 bridgehead atoms. The van der Waals surface area contributed by atoms with Crippen molar-refractivity contribution in [3.8, 4) is 0 Å². The van der Waals surface area contributed by atoms with E-state index in [-0.39, 0.29) is 0 Å². The predicted octanol–water partition coefficient (Wildman–Crippen LogP) is 0.805. The monoisotopic (exact) mass is 202 g/mol. The van der Waals surface area contributed by atoms with E-state index in [1.54, 1.807) is 27.7 Å². The number of carboxylic acids is 1. The summed E-state index contributed by atoms with van der Waals surface area (Å²) in [5.74, 6) is -1.02. The van der Waals surface area contributed by atoms with Gasteiger partial charge in [-0.05, 0) is 12.3 Å².